The number of aliphatic hydroxyl groups is 2. The highest BCUT2D eigenvalue weighted by Gasteiger charge is 2.33. The topological polar surface area (TPSA) is 207 Å². The number of phosphoric ester groups is 1. The molecule has 0 saturated carbocycles. The molecule has 14 nitrogen and oxygen atoms in total. The van der Waals surface area contributed by atoms with Crippen molar-refractivity contribution in [2.75, 3.05) is 18.5 Å². The zero-order chi connectivity index (χ0) is 25.4. The van der Waals surface area contributed by atoms with Crippen molar-refractivity contribution >= 4 is 25.5 Å². The van der Waals surface area contributed by atoms with Crippen LogP contribution in [0.3, 0.4) is 0 Å². The number of ether oxygens (including phenoxy) is 2. The Morgan fingerprint density at radius 3 is 2.45 bits per heavy atom. The molecular formula is C18H30N3O11P. The third-order valence-corrected chi connectivity index (χ3v) is 5.23. The van der Waals surface area contributed by atoms with E-state index in [0.717, 1.165) is 17.7 Å². The van der Waals surface area contributed by atoms with E-state index in [1.165, 1.54) is 13.8 Å². The van der Waals surface area contributed by atoms with Gasteiger partial charge >= 0.3 is 19.5 Å². The number of amides is 1. The van der Waals surface area contributed by atoms with Gasteiger partial charge in [0.15, 0.2) is 6.23 Å². The molecule has 0 aliphatic heterocycles. The highest BCUT2D eigenvalue weighted by molar-refractivity contribution is 7.46. The highest BCUT2D eigenvalue weighted by Crippen LogP contribution is 2.43. The maximum Gasteiger partial charge on any atom is 0.470 e. The van der Waals surface area contributed by atoms with Crippen molar-refractivity contribution in [3.05, 3.63) is 22.2 Å². The molecule has 0 aliphatic carbocycles. The van der Waals surface area contributed by atoms with E-state index >= 15 is 0 Å². The molecule has 1 rings (SSSR count). The molecule has 3 atom stereocenters. The number of esters is 1. The molecule has 1 unspecified atom stereocenters. The van der Waals surface area contributed by atoms with Crippen LogP contribution in [0.2, 0.25) is 0 Å². The van der Waals surface area contributed by atoms with E-state index in [1.54, 1.807) is 6.92 Å². The second kappa shape index (κ2) is 12.3. The second-order valence-corrected chi connectivity index (χ2v) is 8.58. The molecule has 0 saturated heterocycles. The van der Waals surface area contributed by atoms with Gasteiger partial charge in [-0.05, 0) is 13.3 Å². The van der Waals surface area contributed by atoms with Crippen molar-refractivity contribution in [3.63, 3.8) is 0 Å². The number of nitrogens with one attached hydrogen (secondary N) is 1. The Morgan fingerprint density at radius 1 is 1.33 bits per heavy atom. The quantitative estimate of drug-likeness (QED) is 0.178. The first-order valence-corrected chi connectivity index (χ1v) is 11.4. The minimum atomic E-state index is -4.78. The van der Waals surface area contributed by atoms with Gasteiger partial charge in [0.05, 0.1) is 18.8 Å². The van der Waals surface area contributed by atoms with Crippen molar-refractivity contribution in [1.29, 1.82) is 0 Å². The average molecular weight is 495 g/mol. The van der Waals surface area contributed by atoms with Crippen molar-refractivity contribution in [2.24, 2.45) is 0 Å². The minimum Gasteiger partial charge on any atom is -0.461 e. The van der Waals surface area contributed by atoms with Crippen LogP contribution in [0.5, 0.6) is 0 Å². The van der Waals surface area contributed by atoms with Crippen LogP contribution < -0.4 is 11.0 Å². The first kappa shape index (κ1) is 28.8. The van der Waals surface area contributed by atoms with E-state index in [2.05, 4.69) is 10.3 Å². The Balaban J connectivity index is 3.24. The van der Waals surface area contributed by atoms with Crippen molar-refractivity contribution in [2.45, 2.75) is 65.1 Å². The molecular weight excluding hydrogens is 465 g/mol. The molecule has 1 aromatic heterocycles. The largest absolute Gasteiger partial charge is 0.470 e. The van der Waals surface area contributed by atoms with Gasteiger partial charge in [-0.2, -0.15) is 4.98 Å². The third-order valence-electron chi connectivity index (χ3n) is 4.55. The van der Waals surface area contributed by atoms with Crippen LogP contribution in [0.1, 0.15) is 52.3 Å². The van der Waals surface area contributed by atoms with Crippen LogP contribution in [-0.2, 0) is 34.8 Å². The Hall–Kier alpha value is -2.19. The van der Waals surface area contributed by atoms with Crippen molar-refractivity contribution < 1.29 is 48.2 Å². The van der Waals surface area contributed by atoms with Gasteiger partial charge in [-0.25, -0.2) is 9.36 Å². The summed E-state index contributed by atoms with van der Waals surface area (Å²) in [5, 5.41) is 22.0. The molecule has 188 valence electrons. The maximum atomic E-state index is 12.6. The fourth-order valence-corrected chi connectivity index (χ4v) is 3.48. The van der Waals surface area contributed by atoms with Crippen LogP contribution in [0.4, 0.5) is 5.82 Å². The number of rotatable bonds is 13. The van der Waals surface area contributed by atoms with Crippen molar-refractivity contribution in [3.8, 4) is 0 Å². The van der Waals surface area contributed by atoms with Crippen molar-refractivity contribution in [1.82, 2.24) is 9.55 Å². The molecule has 15 heteroatoms. The number of carbonyl (C=O) groups is 2. The lowest BCUT2D eigenvalue weighted by Crippen LogP contribution is -2.39. The molecule has 1 aromatic rings. The molecule has 0 aromatic carbocycles. The monoisotopic (exact) mass is 495 g/mol. The number of phosphoric acid groups is 1. The fourth-order valence-electron chi connectivity index (χ4n) is 2.69. The molecule has 0 bridgehead atoms. The van der Waals surface area contributed by atoms with E-state index < -0.39 is 49.9 Å². The lowest BCUT2D eigenvalue weighted by Gasteiger charge is -2.30. The maximum absolute atomic E-state index is 12.6. The lowest BCUT2D eigenvalue weighted by atomic mass is 10.0. The summed E-state index contributed by atoms with van der Waals surface area (Å²) in [6, 6.07) is 0. The van der Waals surface area contributed by atoms with Gasteiger partial charge in [0.2, 0.25) is 5.91 Å². The SMILES string of the molecule is CCC(C)(CCO[C@H]([C@H](O)CO)n1cc(COC(C)=O)c(NC(C)=O)nc1=O)OP(=O)(O)O. The third kappa shape index (κ3) is 9.68. The highest BCUT2D eigenvalue weighted by atomic mass is 31.2. The predicted octanol–water partition coefficient (Wildman–Crippen LogP) is -0.199. The van der Waals surface area contributed by atoms with Crippen LogP contribution in [0.15, 0.2) is 11.0 Å². The van der Waals surface area contributed by atoms with Gasteiger partial charge in [-0.15, -0.1) is 0 Å². The van der Waals surface area contributed by atoms with E-state index in [4.69, 9.17) is 23.8 Å². The zero-order valence-corrected chi connectivity index (χ0v) is 19.7. The predicted molar refractivity (Wildman–Crippen MR) is 113 cm³/mol. The Morgan fingerprint density at radius 2 is 1.97 bits per heavy atom. The van der Waals surface area contributed by atoms with Gasteiger partial charge in [-0.1, -0.05) is 6.92 Å². The number of anilines is 1. The molecule has 1 amide bonds. The number of nitrogens with zero attached hydrogens (tertiary/aromatic N) is 2. The summed E-state index contributed by atoms with van der Waals surface area (Å²) in [6.45, 7) is 4.07. The summed E-state index contributed by atoms with van der Waals surface area (Å²) in [5.41, 5.74) is -2.11. The van der Waals surface area contributed by atoms with E-state index in [1.807, 2.05) is 0 Å². The van der Waals surface area contributed by atoms with Gasteiger partial charge in [0.1, 0.15) is 18.5 Å². The van der Waals surface area contributed by atoms with Crippen LogP contribution >= 0.6 is 7.82 Å². The zero-order valence-electron chi connectivity index (χ0n) is 18.8. The van der Waals surface area contributed by atoms with Crippen LogP contribution in [0.25, 0.3) is 0 Å². The number of hydrogen-bond acceptors (Lipinski definition) is 10. The van der Waals surface area contributed by atoms with Gasteiger partial charge in [-0.3, -0.25) is 18.7 Å². The summed E-state index contributed by atoms with van der Waals surface area (Å²) < 4.78 is 27.3. The van der Waals surface area contributed by atoms with Crippen LogP contribution in [0, 0.1) is 0 Å². The first-order valence-electron chi connectivity index (χ1n) is 9.91. The molecule has 0 fully saturated rings. The summed E-state index contributed by atoms with van der Waals surface area (Å²) in [6.07, 6.45) is -1.72. The summed E-state index contributed by atoms with van der Waals surface area (Å²) in [4.78, 5) is 57.1. The van der Waals surface area contributed by atoms with Gasteiger partial charge in [0, 0.05) is 32.0 Å². The lowest BCUT2D eigenvalue weighted by molar-refractivity contribution is -0.142. The fraction of sp³-hybridized carbons (Fsp3) is 0.667. The molecule has 5 N–H and O–H groups in total. The van der Waals surface area contributed by atoms with E-state index in [9.17, 15) is 29.2 Å². The average Bonchev–Trinajstić information content (AvgIpc) is 2.68. The molecule has 0 radical (unpaired) electrons. The van der Waals surface area contributed by atoms with Crippen LogP contribution in [-0.4, -0.2) is 66.3 Å². The Kier molecular flexibility index (Phi) is 10.8. The summed E-state index contributed by atoms with van der Waals surface area (Å²) in [5.74, 6) is -1.32. The van der Waals surface area contributed by atoms with Gasteiger partial charge < -0.3 is 34.8 Å². The standard InChI is InChI=1S/C18H30N3O11P/c1-5-18(4,32-33(27,28)29)6-7-30-16(14(25)9-22)21-8-13(10-31-12(3)24)15(19-11(2)23)20-17(21)26/h8,14,16,22,25H,5-7,9-10H2,1-4H3,(H2,27,28,29)(H,19,20,23,26)/t14-,16-,18?/m1/s1. The number of aromatic nitrogens is 2. The van der Waals surface area contributed by atoms with E-state index in [0.29, 0.717) is 0 Å². The van der Waals surface area contributed by atoms with Gasteiger partial charge in [0.25, 0.3) is 0 Å². The first-order chi connectivity index (χ1) is 15.2. The summed E-state index contributed by atoms with van der Waals surface area (Å²) in [7, 11) is -4.78. The molecule has 33 heavy (non-hydrogen) atoms. The Bertz CT molecular complexity index is 932. The molecule has 1 heterocycles. The second-order valence-electron chi connectivity index (χ2n) is 7.41. The Labute approximate surface area is 189 Å². The number of hydrogen-bond donors (Lipinski definition) is 5. The number of aliphatic hydroxyl groups excluding tert-OH is 2. The smallest absolute Gasteiger partial charge is 0.461 e. The normalized spacial score (nSPS) is 15.4. The summed E-state index contributed by atoms with van der Waals surface area (Å²) >= 11 is 0. The number of carbonyl (C=O) groups excluding carboxylic acids is 2. The molecule has 0 aliphatic rings. The molecule has 0 spiro atoms. The van der Waals surface area contributed by atoms with E-state index in [-0.39, 0.29) is 37.4 Å². The minimum absolute atomic E-state index is 0.0320.